The predicted molar refractivity (Wildman–Crippen MR) is 71.4 cm³/mol. The highest BCUT2D eigenvalue weighted by atomic mass is 14.9. The van der Waals surface area contributed by atoms with Gasteiger partial charge in [-0.15, -0.1) is 0 Å². The Balaban J connectivity index is 2.14. The molecule has 0 aliphatic carbocycles. The fourth-order valence-electron chi connectivity index (χ4n) is 1.81. The van der Waals surface area contributed by atoms with Crippen LogP contribution in [0.4, 0.5) is 0 Å². The average Bonchev–Trinajstić information content (AvgIpc) is 2.30. The number of nitrogens with two attached hydrogens (primary N) is 2. The van der Waals surface area contributed by atoms with Gasteiger partial charge in [0.15, 0.2) is 0 Å². The second kappa shape index (κ2) is 4.70. The minimum Gasteiger partial charge on any atom is -0.310 e. The highest BCUT2D eigenvalue weighted by molar-refractivity contribution is 5.30. The van der Waals surface area contributed by atoms with Crippen molar-refractivity contribution in [3.63, 3.8) is 0 Å². The monoisotopic (exact) mass is 226 g/mol. The van der Waals surface area contributed by atoms with Gasteiger partial charge in [0.2, 0.25) is 0 Å². The van der Waals surface area contributed by atoms with Crippen molar-refractivity contribution in [1.82, 2.24) is 0 Å². The number of rotatable bonds is 3. The second-order valence-corrected chi connectivity index (χ2v) is 4.64. The molecule has 0 bridgehead atoms. The molecule has 2 heteroatoms. The Morgan fingerprint density at radius 2 is 1.35 bits per heavy atom. The van der Waals surface area contributed by atoms with Gasteiger partial charge in [0.1, 0.15) is 0 Å². The fourth-order valence-corrected chi connectivity index (χ4v) is 1.81. The van der Waals surface area contributed by atoms with E-state index in [1.807, 2.05) is 18.2 Å². The summed E-state index contributed by atoms with van der Waals surface area (Å²) in [5.41, 5.74) is 14.4. The van der Waals surface area contributed by atoms with Crippen molar-refractivity contribution in [1.29, 1.82) is 0 Å². The third kappa shape index (κ3) is 3.16. The zero-order valence-corrected chi connectivity index (χ0v) is 10.1. The van der Waals surface area contributed by atoms with Crippen LogP contribution in [0.25, 0.3) is 0 Å². The lowest BCUT2D eigenvalue weighted by atomic mass is 9.99. The van der Waals surface area contributed by atoms with Crippen LogP contribution in [0.1, 0.15) is 23.6 Å². The molecule has 17 heavy (non-hydrogen) atoms. The molecule has 0 saturated carbocycles. The first-order valence-electron chi connectivity index (χ1n) is 5.77. The highest BCUT2D eigenvalue weighted by Gasteiger charge is 2.13. The van der Waals surface area contributed by atoms with Crippen LogP contribution in [0, 0.1) is 0 Å². The van der Waals surface area contributed by atoms with Crippen LogP contribution in [0.2, 0.25) is 0 Å². The van der Waals surface area contributed by atoms with Gasteiger partial charge in [-0.3, -0.25) is 0 Å². The van der Waals surface area contributed by atoms with E-state index < -0.39 is 5.66 Å². The summed E-state index contributed by atoms with van der Waals surface area (Å²) in [5.74, 6) is 0. The molecule has 0 saturated heterocycles. The predicted octanol–water partition coefficient (Wildman–Crippen LogP) is 2.37. The van der Waals surface area contributed by atoms with Gasteiger partial charge in [-0.1, -0.05) is 54.6 Å². The number of hydrogen-bond donors (Lipinski definition) is 2. The van der Waals surface area contributed by atoms with Crippen molar-refractivity contribution >= 4 is 0 Å². The molecule has 2 aromatic rings. The zero-order chi connectivity index (χ0) is 12.3. The van der Waals surface area contributed by atoms with Crippen LogP contribution in [0.3, 0.4) is 0 Å². The van der Waals surface area contributed by atoms with Gasteiger partial charge in [0.25, 0.3) is 0 Å². The molecule has 0 aliphatic heterocycles. The molecule has 0 aliphatic rings. The molecule has 0 amide bonds. The summed E-state index contributed by atoms with van der Waals surface area (Å²) in [6.45, 7) is 1.80. The lowest BCUT2D eigenvalue weighted by Crippen LogP contribution is -2.42. The van der Waals surface area contributed by atoms with Crippen molar-refractivity contribution in [3.05, 3.63) is 71.3 Å². The van der Waals surface area contributed by atoms with Gasteiger partial charge < -0.3 is 11.5 Å². The Bertz CT molecular complexity index is 467. The van der Waals surface area contributed by atoms with Crippen molar-refractivity contribution in [2.75, 3.05) is 0 Å². The van der Waals surface area contributed by atoms with Gasteiger partial charge in [-0.2, -0.15) is 0 Å². The van der Waals surface area contributed by atoms with E-state index in [1.165, 1.54) is 11.1 Å². The van der Waals surface area contributed by atoms with E-state index in [0.717, 1.165) is 12.0 Å². The smallest absolute Gasteiger partial charge is 0.0870 e. The molecule has 2 rings (SSSR count). The quantitative estimate of drug-likeness (QED) is 0.789. The third-order valence-corrected chi connectivity index (χ3v) is 2.83. The van der Waals surface area contributed by atoms with Crippen LogP contribution < -0.4 is 11.5 Å². The summed E-state index contributed by atoms with van der Waals surface area (Å²) >= 11 is 0. The van der Waals surface area contributed by atoms with Crippen LogP contribution in [0.5, 0.6) is 0 Å². The molecule has 2 nitrogen and oxygen atoms in total. The molecule has 0 atom stereocenters. The van der Waals surface area contributed by atoms with Crippen LogP contribution in [-0.4, -0.2) is 0 Å². The molecule has 0 heterocycles. The van der Waals surface area contributed by atoms with Gasteiger partial charge in [0, 0.05) is 0 Å². The average molecular weight is 226 g/mol. The molecule has 0 spiro atoms. The molecule has 0 fully saturated rings. The topological polar surface area (TPSA) is 52.0 Å². The fraction of sp³-hybridized carbons (Fsp3) is 0.200. The largest absolute Gasteiger partial charge is 0.310 e. The maximum absolute atomic E-state index is 5.84. The van der Waals surface area contributed by atoms with Gasteiger partial charge in [0.05, 0.1) is 5.66 Å². The lowest BCUT2D eigenvalue weighted by Gasteiger charge is -2.19. The molecule has 0 unspecified atom stereocenters. The number of benzene rings is 2. The van der Waals surface area contributed by atoms with E-state index in [9.17, 15) is 0 Å². The SMILES string of the molecule is CC(N)(N)c1ccc(Cc2ccccc2)cc1. The summed E-state index contributed by atoms with van der Waals surface area (Å²) < 4.78 is 0. The van der Waals surface area contributed by atoms with E-state index in [2.05, 4.69) is 36.4 Å². The molecule has 0 aromatic heterocycles. The Morgan fingerprint density at radius 1 is 0.824 bits per heavy atom. The van der Waals surface area contributed by atoms with Crippen LogP contribution in [0.15, 0.2) is 54.6 Å². The normalized spacial score (nSPS) is 11.5. The zero-order valence-electron chi connectivity index (χ0n) is 10.1. The Hall–Kier alpha value is -1.64. The van der Waals surface area contributed by atoms with Crippen LogP contribution in [-0.2, 0) is 12.1 Å². The maximum Gasteiger partial charge on any atom is 0.0870 e. The summed E-state index contributed by atoms with van der Waals surface area (Å²) in [6, 6.07) is 18.6. The van der Waals surface area contributed by atoms with Gasteiger partial charge in [-0.05, 0) is 30.0 Å². The molecular weight excluding hydrogens is 208 g/mol. The van der Waals surface area contributed by atoms with Crippen molar-refractivity contribution in [2.24, 2.45) is 11.5 Å². The van der Waals surface area contributed by atoms with E-state index in [-0.39, 0.29) is 0 Å². The Kier molecular flexibility index (Phi) is 3.27. The minimum atomic E-state index is -0.759. The highest BCUT2D eigenvalue weighted by Crippen LogP contribution is 2.15. The summed E-state index contributed by atoms with van der Waals surface area (Å²) in [5, 5.41) is 0. The van der Waals surface area contributed by atoms with E-state index in [1.54, 1.807) is 6.92 Å². The third-order valence-electron chi connectivity index (χ3n) is 2.83. The lowest BCUT2D eigenvalue weighted by molar-refractivity contribution is 0.520. The van der Waals surface area contributed by atoms with Crippen molar-refractivity contribution in [2.45, 2.75) is 19.0 Å². The first-order valence-corrected chi connectivity index (χ1v) is 5.77. The summed E-state index contributed by atoms with van der Waals surface area (Å²) in [7, 11) is 0. The molecule has 2 aromatic carbocycles. The maximum atomic E-state index is 5.84. The van der Waals surface area contributed by atoms with Crippen molar-refractivity contribution < 1.29 is 0 Å². The van der Waals surface area contributed by atoms with E-state index in [0.29, 0.717) is 0 Å². The summed E-state index contributed by atoms with van der Waals surface area (Å²) in [6.07, 6.45) is 0.937. The Labute approximate surface area is 102 Å². The summed E-state index contributed by atoms with van der Waals surface area (Å²) in [4.78, 5) is 0. The standard InChI is InChI=1S/C15H18N2/c1-15(16,17)14-9-7-13(8-10-14)11-12-5-3-2-4-6-12/h2-10H,11,16-17H2,1H3. The Morgan fingerprint density at radius 3 is 1.88 bits per heavy atom. The number of hydrogen-bond acceptors (Lipinski definition) is 2. The van der Waals surface area contributed by atoms with Crippen molar-refractivity contribution in [3.8, 4) is 0 Å². The molecule has 4 N–H and O–H groups in total. The van der Waals surface area contributed by atoms with Gasteiger partial charge in [-0.25, -0.2) is 0 Å². The molecular formula is C15H18N2. The minimum absolute atomic E-state index is 0.759. The second-order valence-electron chi connectivity index (χ2n) is 4.64. The van der Waals surface area contributed by atoms with Crippen LogP contribution >= 0.6 is 0 Å². The van der Waals surface area contributed by atoms with E-state index in [4.69, 9.17) is 11.5 Å². The first kappa shape index (κ1) is 11.8. The molecule has 0 radical (unpaired) electrons. The van der Waals surface area contributed by atoms with Gasteiger partial charge >= 0.3 is 0 Å². The molecule has 88 valence electrons. The van der Waals surface area contributed by atoms with E-state index >= 15 is 0 Å². The first-order chi connectivity index (χ1) is 8.05.